The predicted molar refractivity (Wildman–Crippen MR) is 72.6 cm³/mol. The van der Waals surface area contributed by atoms with Gasteiger partial charge in [-0.2, -0.15) is 5.10 Å². The molecule has 0 atom stereocenters. The zero-order valence-electron chi connectivity index (χ0n) is 9.60. The summed E-state index contributed by atoms with van der Waals surface area (Å²) in [5.74, 6) is 0.567. The molecule has 0 spiro atoms. The largest absolute Gasteiger partial charge is 0.361 e. The number of hydrogen-bond donors (Lipinski definition) is 2. The first-order chi connectivity index (χ1) is 7.68. The number of hydrazone groups is 1. The van der Waals surface area contributed by atoms with Crippen molar-refractivity contribution in [3.63, 3.8) is 0 Å². The fraction of sp³-hybridized carbons (Fsp3) is 0.333. The maximum Gasteiger partial charge on any atom is 0.186 e. The van der Waals surface area contributed by atoms with Crippen molar-refractivity contribution >= 4 is 23.5 Å². The fourth-order valence-electron chi connectivity index (χ4n) is 1.04. The third-order valence-corrected chi connectivity index (χ3v) is 2.09. The van der Waals surface area contributed by atoms with Gasteiger partial charge in [0.25, 0.3) is 0 Å². The van der Waals surface area contributed by atoms with Crippen molar-refractivity contribution in [2.24, 2.45) is 11.0 Å². The third-order valence-electron chi connectivity index (χ3n) is 1.85. The lowest BCUT2D eigenvalue weighted by molar-refractivity contribution is 0.621. The van der Waals surface area contributed by atoms with Crippen LogP contribution in [0.2, 0.25) is 0 Å². The van der Waals surface area contributed by atoms with Gasteiger partial charge in [0.1, 0.15) is 0 Å². The molecule has 1 rings (SSSR count). The van der Waals surface area contributed by atoms with Gasteiger partial charge < -0.3 is 5.32 Å². The molecule has 4 heteroatoms. The summed E-state index contributed by atoms with van der Waals surface area (Å²) in [5.41, 5.74) is 3.82. The molecule has 0 aliphatic carbocycles. The molecule has 0 fully saturated rings. The first-order valence-electron chi connectivity index (χ1n) is 5.30. The average molecular weight is 235 g/mol. The van der Waals surface area contributed by atoms with E-state index in [0.29, 0.717) is 11.0 Å². The lowest BCUT2D eigenvalue weighted by Crippen LogP contribution is -2.34. The molecule has 1 aromatic carbocycles. The quantitative estimate of drug-likeness (QED) is 0.477. The number of nitrogens with zero attached hydrogens (tertiary/aromatic N) is 1. The second-order valence-electron chi connectivity index (χ2n) is 3.88. The van der Waals surface area contributed by atoms with Gasteiger partial charge in [0.2, 0.25) is 0 Å². The van der Waals surface area contributed by atoms with E-state index in [1.807, 2.05) is 30.3 Å². The molecule has 0 aliphatic heterocycles. The Labute approximate surface area is 102 Å². The van der Waals surface area contributed by atoms with Crippen LogP contribution in [0.25, 0.3) is 0 Å². The van der Waals surface area contributed by atoms with Gasteiger partial charge in [-0.15, -0.1) is 0 Å². The van der Waals surface area contributed by atoms with Crippen LogP contribution in [0.5, 0.6) is 0 Å². The van der Waals surface area contributed by atoms with Crippen LogP contribution >= 0.6 is 12.2 Å². The monoisotopic (exact) mass is 235 g/mol. The molecular weight excluding hydrogens is 218 g/mol. The van der Waals surface area contributed by atoms with Crippen molar-refractivity contribution in [2.75, 3.05) is 6.54 Å². The van der Waals surface area contributed by atoms with E-state index in [4.69, 9.17) is 12.2 Å². The molecule has 0 aromatic heterocycles. The Morgan fingerprint density at radius 1 is 1.38 bits per heavy atom. The summed E-state index contributed by atoms with van der Waals surface area (Å²) in [7, 11) is 0. The third kappa shape index (κ3) is 5.46. The van der Waals surface area contributed by atoms with Gasteiger partial charge in [-0.3, -0.25) is 5.43 Å². The number of rotatable bonds is 4. The summed E-state index contributed by atoms with van der Waals surface area (Å²) in [4.78, 5) is 0. The summed E-state index contributed by atoms with van der Waals surface area (Å²) in [5, 5.41) is 7.67. The van der Waals surface area contributed by atoms with Gasteiger partial charge in [-0.05, 0) is 23.7 Å². The molecule has 0 saturated carbocycles. The molecule has 0 unspecified atom stereocenters. The van der Waals surface area contributed by atoms with Crippen LogP contribution < -0.4 is 10.7 Å². The van der Waals surface area contributed by atoms with Crippen LogP contribution in [0, 0.1) is 5.92 Å². The van der Waals surface area contributed by atoms with E-state index in [1.54, 1.807) is 6.21 Å². The Kier molecular flexibility index (Phi) is 5.50. The molecule has 0 amide bonds. The molecule has 0 aliphatic rings. The van der Waals surface area contributed by atoms with Gasteiger partial charge in [-0.1, -0.05) is 44.2 Å². The van der Waals surface area contributed by atoms with E-state index in [2.05, 4.69) is 29.7 Å². The van der Waals surface area contributed by atoms with E-state index in [9.17, 15) is 0 Å². The molecule has 16 heavy (non-hydrogen) atoms. The SMILES string of the molecule is CC(C)CNC(=S)N/N=C/c1ccccc1. The molecule has 1 aromatic rings. The van der Waals surface area contributed by atoms with Gasteiger partial charge in [0, 0.05) is 6.54 Å². The minimum absolute atomic E-state index is 0.556. The molecule has 86 valence electrons. The Morgan fingerprint density at radius 2 is 2.06 bits per heavy atom. The van der Waals surface area contributed by atoms with Crippen molar-refractivity contribution in [3.05, 3.63) is 35.9 Å². The molecule has 0 bridgehead atoms. The summed E-state index contributed by atoms with van der Waals surface area (Å²) < 4.78 is 0. The normalized spacial score (nSPS) is 10.7. The van der Waals surface area contributed by atoms with Crippen LogP contribution in [0.4, 0.5) is 0 Å². The maximum atomic E-state index is 5.05. The van der Waals surface area contributed by atoms with Crippen molar-refractivity contribution in [2.45, 2.75) is 13.8 Å². The highest BCUT2D eigenvalue weighted by molar-refractivity contribution is 7.80. The van der Waals surface area contributed by atoms with Crippen molar-refractivity contribution in [1.29, 1.82) is 0 Å². The molecule has 0 heterocycles. The summed E-state index contributed by atoms with van der Waals surface area (Å²) in [6, 6.07) is 9.87. The molecule has 0 saturated heterocycles. The fourth-order valence-corrected chi connectivity index (χ4v) is 1.18. The van der Waals surface area contributed by atoms with Crippen molar-refractivity contribution in [1.82, 2.24) is 10.7 Å². The average Bonchev–Trinajstić information content (AvgIpc) is 2.28. The Balaban J connectivity index is 2.29. The zero-order chi connectivity index (χ0) is 11.8. The summed E-state index contributed by atoms with van der Waals surface area (Å²) in [6.07, 6.45) is 1.74. The standard InChI is InChI=1S/C12H17N3S/c1-10(2)8-13-12(16)15-14-9-11-6-4-3-5-7-11/h3-7,9-10H,8H2,1-2H3,(H2,13,15,16)/b14-9+. The van der Waals surface area contributed by atoms with Crippen molar-refractivity contribution < 1.29 is 0 Å². The van der Waals surface area contributed by atoms with Crippen molar-refractivity contribution in [3.8, 4) is 0 Å². The van der Waals surface area contributed by atoms with E-state index < -0.39 is 0 Å². The minimum Gasteiger partial charge on any atom is -0.361 e. The van der Waals surface area contributed by atoms with E-state index >= 15 is 0 Å². The van der Waals surface area contributed by atoms with Crippen LogP contribution in [0.3, 0.4) is 0 Å². The first-order valence-corrected chi connectivity index (χ1v) is 5.71. The topological polar surface area (TPSA) is 36.4 Å². The number of nitrogens with one attached hydrogen (secondary N) is 2. The highest BCUT2D eigenvalue weighted by Crippen LogP contribution is 1.93. The number of thiocarbonyl (C=S) groups is 1. The van der Waals surface area contributed by atoms with E-state index in [-0.39, 0.29) is 0 Å². The lowest BCUT2D eigenvalue weighted by Gasteiger charge is -2.08. The van der Waals surface area contributed by atoms with Crippen LogP contribution in [0.15, 0.2) is 35.4 Å². The highest BCUT2D eigenvalue weighted by atomic mass is 32.1. The van der Waals surface area contributed by atoms with Gasteiger partial charge in [0.15, 0.2) is 5.11 Å². The smallest absolute Gasteiger partial charge is 0.186 e. The second kappa shape index (κ2) is 6.95. The Hall–Kier alpha value is -1.42. The maximum absolute atomic E-state index is 5.05. The minimum atomic E-state index is 0.556. The Morgan fingerprint density at radius 3 is 2.69 bits per heavy atom. The van der Waals surface area contributed by atoms with Gasteiger partial charge in [-0.25, -0.2) is 0 Å². The Bertz CT molecular complexity index is 347. The van der Waals surface area contributed by atoms with Crippen LogP contribution in [0.1, 0.15) is 19.4 Å². The van der Waals surface area contributed by atoms with E-state index in [0.717, 1.165) is 12.1 Å². The predicted octanol–water partition coefficient (Wildman–Crippen LogP) is 2.14. The zero-order valence-corrected chi connectivity index (χ0v) is 10.4. The summed E-state index contributed by atoms with van der Waals surface area (Å²) in [6.45, 7) is 5.11. The van der Waals surface area contributed by atoms with Crippen LogP contribution in [-0.4, -0.2) is 17.9 Å². The molecule has 3 nitrogen and oxygen atoms in total. The molecular formula is C12H17N3S. The lowest BCUT2D eigenvalue weighted by atomic mass is 10.2. The van der Waals surface area contributed by atoms with Gasteiger partial charge in [0.05, 0.1) is 6.21 Å². The van der Waals surface area contributed by atoms with E-state index in [1.165, 1.54) is 0 Å². The first kappa shape index (κ1) is 12.6. The molecule has 0 radical (unpaired) electrons. The summed E-state index contributed by atoms with van der Waals surface area (Å²) >= 11 is 5.05. The molecule has 2 N–H and O–H groups in total. The van der Waals surface area contributed by atoms with Crippen LogP contribution in [-0.2, 0) is 0 Å². The highest BCUT2D eigenvalue weighted by Gasteiger charge is 1.95. The number of hydrogen-bond acceptors (Lipinski definition) is 2. The number of benzene rings is 1. The second-order valence-corrected chi connectivity index (χ2v) is 4.29. The van der Waals surface area contributed by atoms with Gasteiger partial charge >= 0.3 is 0 Å².